The topological polar surface area (TPSA) is 46.2 Å². The third-order valence-corrected chi connectivity index (χ3v) is 5.33. The molecular formula is C16H27NO2S. The minimum absolute atomic E-state index is 0.247. The first-order valence-corrected chi connectivity index (χ1v) is 9.28. The van der Waals surface area contributed by atoms with E-state index >= 15 is 0 Å². The standard InChI is InChI=1S/C16H27NO2S/c1-4-17-16(7-6-12-20(18,19)5-2)13-15-10-8-14(3)9-11-15/h8-11,16-17H,4-7,12-13H2,1-3H3. The van der Waals surface area contributed by atoms with Gasteiger partial charge in [0.05, 0.1) is 5.75 Å². The number of rotatable bonds is 9. The van der Waals surface area contributed by atoms with Crippen LogP contribution < -0.4 is 5.32 Å². The Bertz CT molecular complexity index is 480. The summed E-state index contributed by atoms with van der Waals surface area (Å²) in [5, 5.41) is 3.46. The van der Waals surface area contributed by atoms with Crippen molar-refractivity contribution < 1.29 is 8.42 Å². The number of aryl methyl sites for hydroxylation is 1. The number of nitrogens with one attached hydrogen (secondary N) is 1. The zero-order valence-corrected chi connectivity index (χ0v) is 13.7. The molecule has 0 aliphatic rings. The molecule has 1 N–H and O–H groups in total. The molecule has 114 valence electrons. The quantitative estimate of drug-likeness (QED) is 0.762. The molecule has 3 nitrogen and oxygen atoms in total. The Labute approximate surface area is 123 Å². The second-order valence-electron chi connectivity index (χ2n) is 5.32. The van der Waals surface area contributed by atoms with Crippen LogP contribution in [0.15, 0.2) is 24.3 Å². The van der Waals surface area contributed by atoms with E-state index in [0.717, 1.165) is 25.8 Å². The minimum Gasteiger partial charge on any atom is -0.314 e. The van der Waals surface area contributed by atoms with Crippen molar-refractivity contribution in [1.82, 2.24) is 5.32 Å². The van der Waals surface area contributed by atoms with Crippen LogP contribution in [0, 0.1) is 6.92 Å². The van der Waals surface area contributed by atoms with Crippen molar-refractivity contribution in [3.05, 3.63) is 35.4 Å². The van der Waals surface area contributed by atoms with E-state index in [2.05, 4.69) is 43.4 Å². The molecular weight excluding hydrogens is 270 g/mol. The zero-order chi connectivity index (χ0) is 15.0. The van der Waals surface area contributed by atoms with Crippen molar-refractivity contribution >= 4 is 9.84 Å². The average Bonchev–Trinajstić information content (AvgIpc) is 2.41. The van der Waals surface area contributed by atoms with Crippen molar-refractivity contribution in [3.63, 3.8) is 0 Å². The Morgan fingerprint density at radius 1 is 1.15 bits per heavy atom. The van der Waals surface area contributed by atoms with Crippen LogP contribution in [0.4, 0.5) is 0 Å². The fourth-order valence-electron chi connectivity index (χ4n) is 2.27. The van der Waals surface area contributed by atoms with E-state index in [0.29, 0.717) is 11.8 Å². The summed E-state index contributed by atoms with van der Waals surface area (Å²) in [6, 6.07) is 8.92. The monoisotopic (exact) mass is 297 g/mol. The highest BCUT2D eigenvalue weighted by molar-refractivity contribution is 7.91. The van der Waals surface area contributed by atoms with Crippen LogP contribution in [0.1, 0.15) is 37.8 Å². The van der Waals surface area contributed by atoms with Crippen LogP contribution in [0.5, 0.6) is 0 Å². The highest BCUT2D eigenvalue weighted by Gasteiger charge is 2.12. The van der Waals surface area contributed by atoms with Crippen molar-refractivity contribution in [2.75, 3.05) is 18.1 Å². The van der Waals surface area contributed by atoms with Crippen LogP contribution in [0.3, 0.4) is 0 Å². The minimum atomic E-state index is -2.84. The maximum absolute atomic E-state index is 11.5. The SMILES string of the molecule is CCNC(CCCS(=O)(=O)CC)Cc1ccc(C)cc1. The molecule has 1 aromatic rings. The summed E-state index contributed by atoms with van der Waals surface area (Å²) in [7, 11) is -2.84. The van der Waals surface area contributed by atoms with Crippen molar-refractivity contribution in [3.8, 4) is 0 Å². The molecule has 0 amide bonds. The summed E-state index contributed by atoms with van der Waals surface area (Å²) in [6.45, 7) is 6.80. The Morgan fingerprint density at radius 2 is 1.80 bits per heavy atom. The number of sulfone groups is 1. The molecule has 20 heavy (non-hydrogen) atoms. The molecule has 0 radical (unpaired) electrons. The molecule has 1 rings (SSSR count). The number of hydrogen-bond donors (Lipinski definition) is 1. The molecule has 0 fully saturated rings. The van der Waals surface area contributed by atoms with Gasteiger partial charge < -0.3 is 5.32 Å². The van der Waals surface area contributed by atoms with E-state index < -0.39 is 9.84 Å². The van der Waals surface area contributed by atoms with Gasteiger partial charge in [-0.3, -0.25) is 0 Å². The van der Waals surface area contributed by atoms with Crippen molar-refractivity contribution in [2.45, 2.75) is 46.1 Å². The number of likely N-dealkylation sites (N-methyl/N-ethyl adjacent to an activating group) is 1. The first kappa shape index (κ1) is 17.2. The maximum atomic E-state index is 11.5. The number of benzene rings is 1. The lowest BCUT2D eigenvalue weighted by Gasteiger charge is -2.18. The first-order valence-electron chi connectivity index (χ1n) is 7.46. The molecule has 0 spiro atoms. The van der Waals surface area contributed by atoms with Crippen molar-refractivity contribution in [1.29, 1.82) is 0 Å². The van der Waals surface area contributed by atoms with E-state index in [4.69, 9.17) is 0 Å². The second kappa shape index (κ2) is 8.42. The fraction of sp³-hybridized carbons (Fsp3) is 0.625. The molecule has 0 aliphatic heterocycles. The molecule has 0 saturated carbocycles. The van der Waals surface area contributed by atoms with Gasteiger partial charge in [0.15, 0.2) is 0 Å². The lowest BCUT2D eigenvalue weighted by molar-refractivity contribution is 0.484. The van der Waals surface area contributed by atoms with Gasteiger partial charge in [0.1, 0.15) is 9.84 Å². The van der Waals surface area contributed by atoms with E-state index in [1.807, 2.05) is 0 Å². The van der Waals surface area contributed by atoms with Crippen LogP contribution in [-0.4, -0.2) is 32.5 Å². The summed E-state index contributed by atoms with van der Waals surface area (Å²) in [6.07, 6.45) is 2.60. The summed E-state index contributed by atoms with van der Waals surface area (Å²) >= 11 is 0. The van der Waals surface area contributed by atoms with Crippen LogP contribution in [0.25, 0.3) is 0 Å². The van der Waals surface area contributed by atoms with Gasteiger partial charge in [-0.2, -0.15) is 0 Å². The normalized spacial score (nSPS) is 13.3. The highest BCUT2D eigenvalue weighted by atomic mass is 32.2. The third kappa shape index (κ3) is 6.53. The molecule has 0 saturated heterocycles. The van der Waals surface area contributed by atoms with Gasteiger partial charge in [-0.1, -0.05) is 43.7 Å². The molecule has 1 atom stereocenters. The van der Waals surface area contributed by atoms with Gasteiger partial charge in [-0.25, -0.2) is 8.42 Å². The van der Waals surface area contributed by atoms with E-state index in [9.17, 15) is 8.42 Å². The first-order chi connectivity index (χ1) is 9.46. The Morgan fingerprint density at radius 3 is 2.35 bits per heavy atom. The molecule has 0 aliphatic carbocycles. The lowest BCUT2D eigenvalue weighted by atomic mass is 10.0. The van der Waals surface area contributed by atoms with Gasteiger partial charge in [0.25, 0.3) is 0 Å². The van der Waals surface area contributed by atoms with Crippen LogP contribution in [-0.2, 0) is 16.3 Å². The number of hydrogen-bond acceptors (Lipinski definition) is 3. The zero-order valence-electron chi connectivity index (χ0n) is 12.9. The molecule has 1 aromatic carbocycles. The molecule has 4 heteroatoms. The van der Waals surface area contributed by atoms with E-state index in [1.165, 1.54) is 11.1 Å². The smallest absolute Gasteiger partial charge is 0.150 e. The van der Waals surface area contributed by atoms with Crippen molar-refractivity contribution in [2.24, 2.45) is 0 Å². The second-order valence-corrected chi connectivity index (χ2v) is 7.80. The van der Waals surface area contributed by atoms with Crippen LogP contribution in [0.2, 0.25) is 0 Å². The average molecular weight is 297 g/mol. The molecule has 0 heterocycles. The van der Waals surface area contributed by atoms with Gasteiger partial charge in [0.2, 0.25) is 0 Å². The summed E-state index contributed by atoms with van der Waals surface area (Å²) in [4.78, 5) is 0. The summed E-state index contributed by atoms with van der Waals surface area (Å²) in [5.41, 5.74) is 2.57. The van der Waals surface area contributed by atoms with Gasteiger partial charge in [-0.15, -0.1) is 0 Å². The predicted octanol–water partition coefficient (Wildman–Crippen LogP) is 2.73. The van der Waals surface area contributed by atoms with Gasteiger partial charge >= 0.3 is 0 Å². The molecule has 0 aromatic heterocycles. The largest absolute Gasteiger partial charge is 0.314 e. The molecule has 0 bridgehead atoms. The van der Waals surface area contributed by atoms with Gasteiger partial charge in [-0.05, 0) is 38.3 Å². The lowest BCUT2D eigenvalue weighted by Crippen LogP contribution is -2.31. The van der Waals surface area contributed by atoms with Gasteiger partial charge in [0, 0.05) is 11.8 Å². The Balaban J connectivity index is 2.50. The predicted molar refractivity (Wildman–Crippen MR) is 85.9 cm³/mol. The Kier molecular flexibility index (Phi) is 7.24. The van der Waals surface area contributed by atoms with E-state index in [-0.39, 0.29) is 5.75 Å². The maximum Gasteiger partial charge on any atom is 0.150 e. The fourth-order valence-corrected chi connectivity index (χ4v) is 3.16. The Hall–Kier alpha value is -0.870. The summed E-state index contributed by atoms with van der Waals surface area (Å²) < 4.78 is 23.0. The van der Waals surface area contributed by atoms with E-state index in [1.54, 1.807) is 6.92 Å². The molecule has 1 unspecified atom stereocenters. The third-order valence-electron chi connectivity index (χ3n) is 3.54. The summed E-state index contributed by atoms with van der Waals surface area (Å²) in [5.74, 6) is 0.552. The highest BCUT2D eigenvalue weighted by Crippen LogP contribution is 2.10. The van der Waals surface area contributed by atoms with Crippen LogP contribution >= 0.6 is 0 Å².